The van der Waals surface area contributed by atoms with Crippen LogP contribution in [0.4, 0.5) is 0 Å². The highest BCUT2D eigenvalue weighted by Crippen LogP contribution is 2.18. The number of hydrogen-bond donors (Lipinski definition) is 1. The topological polar surface area (TPSA) is 84.3 Å². The zero-order valence-electron chi connectivity index (χ0n) is 19.3. The van der Waals surface area contributed by atoms with E-state index in [2.05, 4.69) is 10.3 Å². The zero-order chi connectivity index (χ0) is 23.0. The Hall–Kier alpha value is -2.96. The highest BCUT2D eigenvalue weighted by molar-refractivity contribution is 5.99. The molecule has 2 aromatic heterocycles. The van der Waals surface area contributed by atoms with Gasteiger partial charge in [0.25, 0.3) is 11.8 Å². The average Bonchev–Trinajstić information content (AvgIpc) is 3.35. The molecule has 2 aliphatic rings. The third kappa shape index (κ3) is 6.09. The highest BCUT2D eigenvalue weighted by atomic mass is 16.2. The largest absolute Gasteiger partial charge is 0.352 e. The molecule has 0 aromatic carbocycles. The van der Waals surface area contributed by atoms with Gasteiger partial charge in [-0.1, -0.05) is 38.2 Å². The first kappa shape index (κ1) is 23.2. The number of nitrogens with zero attached hydrogens (tertiary/aromatic N) is 3. The maximum atomic E-state index is 13.3. The number of aromatic nitrogens is 2. The van der Waals surface area contributed by atoms with Crippen molar-refractivity contribution in [2.24, 2.45) is 0 Å². The normalized spacial score (nSPS) is 17.4. The summed E-state index contributed by atoms with van der Waals surface area (Å²) in [6, 6.07) is 5.83. The van der Waals surface area contributed by atoms with Gasteiger partial charge in [0.05, 0.1) is 0 Å². The lowest BCUT2D eigenvalue weighted by Crippen LogP contribution is -2.40. The molecule has 0 unspecified atom stereocenters. The fourth-order valence-electron chi connectivity index (χ4n) is 4.82. The summed E-state index contributed by atoms with van der Waals surface area (Å²) in [5.74, 6) is -0.641. The summed E-state index contributed by atoms with van der Waals surface area (Å²) in [7, 11) is 0. The average molecular weight is 451 g/mol. The molecule has 176 valence electrons. The molecule has 2 fully saturated rings. The third-order valence-electron chi connectivity index (χ3n) is 6.74. The van der Waals surface area contributed by atoms with E-state index in [1.807, 2.05) is 18.2 Å². The zero-order valence-corrected chi connectivity index (χ0v) is 19.3. The fourth-order valence-corrected chi connectivity index (χ4v) is 4.82. The van der Waals surface area contributed by atoms with Crippen LogP contribution in [0.1, 0.15) is 84.2 Å². The van der Waals surface area contributed by atoms with Gasteiger partial charge in [-0.3, -0.25) is 19.4 Å². The maximum Gasteiger partial charge on any atom is 0.259 e. The van der Waals surface area contributed by atoms with Gasteiger partial charge in [-0.2, -0.15) is 0 Å². The molecule has 0 atom stereocenters. The minimum atomic E-state index is -0.468. The second kappa shape index (κ2) is 11.3. The van der Waals surface area contributed by atoms with E-state index < -0.39 is 5.43 Å². The standard InChI is InChI=1S/C26H34N4O3/c31-24-22(25(32)28-21-11-4-2-1-3-5-12-21)18-29(17-13-20-10-6-7-14-27-20)19-23(24)26(33)30-15-8-9-16-30/h6-7,10,14,18-19,21H,1-5,8-9,11-13,15-17H2,(H,28,32). The van der Waals surface area contributed by atoms with Crippen molar-refractivity contribution in [3.63, 3.8) is 0 Å². The Morgan fingerprint density at radius 2 is 1.64 bits per heavy atom. The van der Waals surface area contributed by atoms with Gasteiger partial charge in [0.2, 0.25) is 5.43 Å². The van der Waals surface area contributed by atoms with E-state index in [4.69, 9.17) is 0 Å². The smallest absolute Gasteiger partial charge is 0.259 e. The van der Waals surface area contributed by atoms with Crippen LogP contribution in [0.5, 0.6) is 0 Å². The van der Waals surface area contributed by atoms with E-state index in [1.54, 1.807) is 28.1 Å². The van der Waals surface area contributed by atoms with Gasteiger partial charge in [-0.05, 0) is 37.8 Å². The van der Waals surface area contributed by atoms with Crippen molar-refractivity contribution < 1.29 is 9.59 Å². The van der Waals surface area contributed by atoms with Gasteiger partial charge in [0, 0.05) is 56.4 Å². The summed E-state index contributed by atoms with van der Waals surface area (Å²) >= 11 is 0. The van der Waals surface area contributed by atoms with E-state index >= 15 is 0 Å². The quantitative estimate of drug-likeness (QED) is 0.729. The second-order valence-corrected chi connectivity index (χ2v) is 9.24. The Morgan fingerprint density at radius 1 is 0.939 bits per heavy atom. The van der Waals surface area contributed by atoms with Crippen molar-refractivity contribution in [2.75, 3.05) is 13.1 Å². The predicted octanol–water partition coefficient (Wildman–Crippen LogP) is 3.56. The first-order valence-electron chi connectivity index (χ1n) is 12.4. The number of carbonyl (C=O) groups excluding carboxylic acids is 2. The predicted molar refractivity (Wildman–Crippen MR) is 127 cm³/mol. The van der Waals surface area contributed by atoms with Crippen LogP contribution in [0.15, 0.2) is 41.6 Å². The van der Waals surface area contributed by atoms with E-state index in [0.717, 1.165) is 44.2 Å². The molecular formula is C26H34N4O3. The Labute approximate surface area is 195 Å². The minimum absolute atomic E-state index is 0.0585. The molecule has 4 rings (SSSR count). The summed E-state index contributed by atoms with van der Waals surface area (Å²) in [5, 5.41) is 3.09. The highest BCUT2D eigenvalue weighted by Gasteiger charge is 2.26. The maximum absolute atomic E-state index is 13.3. The van der Waals surface area contributed by atoms with Crippen molar-refractivity contribution in [1.82, 2.24) is 19.8 Å². The Morgan fingerprint density at radius 3 is 2.33 bits per heavy atom. The number of pyridine rings is 2. The van der Waals surface area contributed by atoms with Crippen molar-refractivity contribution in [1.29, 1.82) is 0 Å². The molecule has 0 bridgehead atoms. The molecule has 0 radical (unpaired) electrons. The van der Waals surface area contributed by atoms with E-state index in [0.29, 0.717) is 26.1 Å². The number of likely N-dealkylation sites (tertiary alicyclic amines) is 1. The van der Waals surface area contributed by atoms with Gasteiger partial charge in [0.1, 0.15) is 11.1 Å². The lowest BCUT2D eigenvalue weighted by molar-refractivity contribution is 0.0790. The molecule has 2 aromatic rings. The van der Waals surface area contributed by atoms with Gasteiger partial charge in [0.15, 0.2) is 0 Å². The Bertz CT molecular complexity index is 1000. The number of rotatable bonds is 6. The number of nitrogens with one attached hydrogen (secondary N) is 1. The summed E-state index contributed by atoms with van der Waals surface area (Å²) in [6.07, 6.45) is 15.2. The molecule has 1 saturated heterocycles. The van der Waals surface area contributed by atoms with E-state index in [1.165, 1.54) is 19.3 Å². The number of carbonyl (C=O) groups is 2. The third-order valence-corrected chi connectivity index (χ3v) is 6.74. The van der Waals surface area contributed by atoms with Crippen LogP contribution in [0.2, 0.25) is 0 Å². The molecule has 0 spiro atoms. The van der Waals surface area contributed by atoms with E-state index in [9.17, 15) is 14.4 Å². The SMILES string of the molecule is O=C(NC1CCCCCCC1)c1cn(CCc2ccccn2)cc(C(=O)N2CCCC2)c1=O. The van der Waals surface area contributed by atoms with Gasteiger partial charge >= 0.3 is 0 Å². The van der Waals surface area contributed by atoms with Crippen LogP contribution in [0.25, 0.3) is 0 Å². The lowest BCUT2D eigenvalue weighted by atomic mass is 9.96. The molecule has 7 heteroatoms. The van der Waals surface area contributed by atoms with Crippen molar-refractivity contribution in [3.8, 4) is 0 Å². The molecular weight excluding hydrogens is 416 g/mol. The summed E-state index contributed by atoms with van der Waals surface area (Å²) in [4.78, 5) is 45.6. The van der Waals surface area contributed by atoms with Gasteiger partial charge in [-0.25, -0.2) is 0 Å². The van der Waals surface area contributed by atoms with Crippen LogP contribution in [-0.2, 0) is 13.0 Å². The second-order valence-electron chi connectivity index (χ2n) is 9.24. The Kier molecular flexibility index (Phi) is 7.92. The molecule has 7 nitrogen and oxygen atoms in total. The number of amides is 2. The first-order valence-corrected chi connectivity index (χ1v) is 12.4. The van der Waals surface area contributed by atoms with Crippen LogP contribution < -0.4 is 10.7 Å². The van der Waals surface area contributed by atoms with Crippen molar-refractivity contribution >= 4 is 11.8 Å². The summed E-state index contributed by atoms with van der Waals surface area (Å²) in [5.41, 5.74) is 0.597. The summed E-state index contributed by atoms with van der Waals surface area (Å²) < 4.78 is 1.80. The summed E-state index contributed by atoms with van der Waals surface area (Å²) in [6.45, 7) is 1.84. The van der Waals surface area contributed by atoms with Crippen molar-refractivity contribution in [2.45, 2.75) is 76.8 Å². The molecule has 2 amide bonds. The van der Waals surface area contributed by atoms with Crippen molar-refractivity contribution in [3.05, 3.63) is 63.8 Å². The van der Waals surface area contributed by atoms with Gasteiger partial charge < -0.3 is 14.8 Å². The molecule has 1 N–H and O–H groups in total. The number of aryl methyl sites for hydroxylation is 2. The molecule has 1 saturated carbocycles. The van der Waals surface area contributed by atoms with Crippen LogP contribution in [-0.4, -0.2) is 45.4 Å². The Balaban J connectivity index is 1.59. The van der Waals surface area contributed by atoms with Crippen LogP contribution in [0.3, 0.4) is 0 Å². The molecule has 33 heavy (non-hydrogen) atoms. The minimum Gasteiger partial charge on any atom is -0.352 e. The molecule has 1 aliphatic carbocycles. The van der Waals surface area contributed by atoms with Crippen LogP contribution in [0, 0.1) is 0 Å². The molecule has 3 heterocycles. The monoisotopic (exact) mass is 450 g/mol. The first-order chi connectivity index (χ1) is 16.1. The van der Waals surface area contributed by atoms with E-state index in [-0.39, 0.29) is 29.0 Å². The van der Waals surface area contributed by atoms with Crippen LogP contribution >= 0.6 is 0 Å². The van der Waals surface area contributed by atoms with Gasteiger partial charge in [-0.15, -0.1) is 0 Å². The molecule has 1 aliphatic heterocycles. The number of hydrogen-bond acceptors (Lipinski definition) is 4. The lowest BCUT2D eigenvalue weighted by Gasteiger charge is -2.22. The fraction of sp³-hybridized carbons (Fsp3) is 0.538.